The molecule has 8 heterocycles. The zero-order valence-corrected chi connectivity index (χ0v) is 82.6. The average molecular weight is 2230 g/mol. The molecule has 0 aliphatic carbocycles. The fourth-order valence-electron chi connectivity index (χ4n) is 8.30. The summed E-state index contributed by atoms with van der Waals surface area (Å²) in [5.41, 5.74) is 18.8. The molecular weight excluding hydrogens is 2130 g/mol. The number of hydrogen-bond acceptors (Lipinski definition) is 8. The summed E-state index contributed by atoms with van der Waals surface area (Å²) in [5.74, 6) is 0. The van der Waals surface area contributed by atoms with E-state index in [9.17, 15) is 0 Å². The molecule has 8 aromatic heterocycles. The van der Waals surface area contributed by atoms with Gasteiger partial charge in [0.05, 0.1) is 45.6 Å². The first-order valence-electron chi connectivity index (χ1n) is 28.4. The molecule has 0 bridgehead atoms. The number of pyridine rings is 8. The maximum atomic E-state index is 4.48. The Morgan fingerprint density at radius 3 is 0.250 bits per heavy atom. The van der Waals surface area contributed by atoms with Crippen molar-refractivity contribution in [2.75, 3.05) is 0 Å². The number of aromatic nitrogens is 8. The summed E-state index contributed by atoms with van der Waals surface area (Å²) in [5, 5.41) is 0. The Morgan fingerprint density at radius 1 is 0.134 bits per heavy atom. The molecule has 0 unspecified atom stereocenters. The van der Waals surface area contributed by atoms with Gasteiger partial charge in [0.1, 0.15) is 0 Å². The number of nitrogens with zero attached hydrogens (tertiary/aromatic N) is 8. The van der Waals surface area contributed by atoms with E-state index in [-0.39, 0.29) is 343 Å². The van der Waals surface area contributed by atoms with E-state index in [1.807, 2.05) is 49.6 Å². The molecule has 0 fully saturated rings. The number of hydrogen-bond donors (Lipinski definition) is 0. The quantitative estimate of drug-likeness (QED) is 0.152. The third-order valence-electron chi connectivity index (χ3n) is 14.1. The van der Waals surface area contributed by atoms with Gasteiger partial charge >= 0.3 is 0 Å². The normalized spacial score (nSPS) is 8.93. The van der Waals surface area contributed by atoms with Gasteiger partial charge in [-0.2, -0.15) is 0 Å². The zero-order valence-electron chi connectivity index (χ0n) is 66.5. The molecule has 8 aromatic rings. The molecule has 0 atom stereocenters. The molecule has 0 radical (unpaired) electrons. The van der Waals surface area contributed by atoms with Crippen LogP contribution in [0.4, 0.5) is 0 Å². The maximum absolute atomic E-state index is 4.48. The van der Waals surface area contributed by atoms with Crippen LogP contribution in [0, 0.1) is 0 Å². The molecule has 0 aliphatic rings. The Bertz CT molecular complexity index is 2750. The molecule has 0 aliphatic heterocycles. The summed E-state index contributed by atoms with van der Waals surface area (Å²) < 4.78 is 0. The molecule has 664 valence electrons. The van der Waals surface area contributed by atoms with Gasteiger partial charge in [-0.3, -0.25) is 39.9 Å². The van der Waals surface area contributed by atoms with Gasteiger partial charge in [-0.25, -0.2) is 0 Å². The van der Waals surface area contributed by atoms with Gasteiger partial charge in [-0.15, -0.1) is 0 Å². The molecule has 0 N–H and O–H groups in total. The first kappa shape index (κ1) is 194. The van der Waals surface area contributed by atoms with Crippen LogP contribution < -0.4 is 0 Å². The van der Waals surface area contributed by atoms with E-state index >= 15 is 0 Å². The third kappa shape index (κ3) is 61.1. The molecule has 112 heavy (non-hydrogen) atoms. The van der Waals surface area contributed by atoms with Crippen LogP contribution in [0.3, 0.4) is 0 Å². The first-order valence-corrected chi connectivity index (χ1v) is 28.4. The van der Waals surface area contributed by atoms with E-state index in [1.54, 1.807) is 0 Å². The molecule has 0 amide bonds. The summed E-state index contributed by atoms with van der Waals surface area (Å²) in [4.78, 5) is 35.9. The first-order chi connectivity index (χ1) is 36.7. The topological polar surface area (TPSA) is 787 Å². The van der Waals surface area contributed by atoms with Crippen LogP contribution in [-0.4, -0.2) is 39.9 Å². The summed E-state index contributed by atoms with van der Waals surface area (Å²) in [7, 11) is 0. The van der Waals surface area contributed by atoms with Crippen LogP contribution >= 0.6 is 0 Å². The molecule has 0 aromatic carbocycles. The molecule has 32 nitrogen and oxygen atoms in total. The Balaban J connectivity index is -0.0000000295. The van der Waals surface area contributed by atoms with Crippen molar-refractivity contribution in [1.29, 1.82) is 0 Å². The predicted octanol–water partition coefficient (Wildman–Crippen LogP) is 16.1. The molecular formula is C72H96Mo8N8O24-48. The fraction of sp³-hybridized carbons (Fsp3) is 0.444. The van der Waals surface area contributed by atoms with Gasteiger partial charge in [0, 0.05) is 218 Å². The van der Waals surface area contributed by atoms with Crippen LogP contribution in [0.1, 0.15) is 211 Å². The van der Waals surface area contributed by atoms with Crippen LogP contribution in [0.15, 0.2) is 147 Å². The van der Waals surface area contributed by atoms with Gasteiger partial charge in [-0.05, 0) is 185 Å². The van der Waals surface area contributed by atoms with Gasteiger partial charge in [0.25, 0.3) is 0 Å². The largest absolute Gasteiger partial charge is 2.00 e. The van der Waals surface area contributed by atoms with Crippen molar-refractivity contribution in [1.82, 2.24) is 39.9 Å². The van der Waals surface area contributed by atoms with Crippen LogP contribution in [0.2, 0.25) is 0 Å². The van der Waals surface area contributed by atoms with E-state index in [0.717, 1.165) is 45.6 Å². The second-order valence-electron chi connectivity index (χ2n) is 29.4. The Hall–Kier alpha value is -2.25. The monoisotopic (exact) mass is 2240 g/mol. The smallest absolute Gasteiger partial charge is 0.0889 e. The van der Waals surface area contributed by atoms with Crippen molar-refractivity contribution in [2.45, 2.75) is 209 Å². The van der Waals surface area contributed by atoms with Crippen molar-refractivity contribution in [3.63, 3.8) is 0 Å². The molecule has 0 spiro atoms. The SMILES string of the molecule is CC(C)(C)c1ccnc(-c2cc(C(C)(C)C)ccn2)c1.CC(C)(C)c1ccnc(-c2cc(C(C)(C)C)ccn2)c1.CC(C)(C)c1ccnc(-c2cc(C(C)(C)C)ccn2)c1.CC(C)(C)c1ccnc(-c2cc(C(C)(C)C)ccn2)c1.[Mo].[Mo].[Mo].[Mo].[Mo].[Mo].[Mo].[Mo].[O-2].[O-2].[O-2].[O-2].[O-2].[O-2].[O-2].[O-2].[O-2].[O-2].[O-2].[O-2].[O-2].[O-2].[O-2].[O-2].[O-2].[O-2].[O-2].[O-2].[O-2].[O-2].[O-2].[O-2]. The van der Waals surface area contributed by atoms with Gasteiger partial charge in [0.15, 0.2) is 0 Å². The second-order valence-corrected chi connectivity index (χ2v) is 29.4. The van der Waals surface area contributed by atoms with Crippen molar-refractivity contribution in [3.8, 4) is 45.6 Å². The van der Waals surface area contributed by atoms with Gasteiger partial charge < -0.3 is 131 Å². The Morgan fingerprint density at radius 2 is 0.196 bits per heavy atom. The Labute approximate surface area is 778 Å². The van der Waals surface area contributed by atoms with Crippen molar-refractivity contribution < 1.29 is 300 Å². The predicted molar refractivity (Wildman–Crippen MR) is 356 cm³/mol. The van der Waals surface area contributed by atoms with E-state index < -0.39 is 0 Å². The minimum absolute atomic E-state index is 0. The standard InChI is InChI=1S/4C18H24N2.8Mo.24O/c4*1-17(2,3)13-7-9-19-15(11-13)16-12-14(8-10-20-16)18(4,5)6;;;;;;;;;;;;;;;;;;;;;;;;;;;;;;;;/h4*7-12H,1-6H3;;;;;;;;;;;;;;;;;;;;;;;;;;;;;;;;/q;;;;;;;;;;;;24*-2. The maximum Gasteiger partial charge on any atom is 0.0889 e. The number of rotatable bonds is 4. The second kappa shape index (κ2) is 79.8. The molecule has 0 saturated heterocycles. The zero-order chi connectivity index (χ0) is 59.9. The van der Waals surface area contributed by atoms with E-state index in [0.29, 0.717) is 0 Å². The summed E-state index contributed by atoms with van der Waals surface area (Å²) >= 11 is 0. The summed E-state index contributed by atoms with van der Waals surface area (Å²) in [6.07, 6.45) is 15.0. The molecule has 8 rings (SSSR count). The van der Waals surface area contributed by atoms with E-state index in [1.165, 1.54) is 44.5 Å². The minimum atomic E-state index is 0. The van der Waals surface area contributed by atoms with E-state index in [2.05, 4.69) is 303 Å². The van der Waals surface area contributed by atoms with Crippen LogP contribution in [0.5, 0.6) is 0 Å². The average Bonchev–Trinajstić information content (AvgIpc) is 3.37. The van der Waals surface area contributed by atoms with Crippen LogP contribution in [-0.2, 0) is 343 Å². The van der Waals surface area contributed by atoms with Gasteiger partial charge in [-0.1, -0.05) is 166 Å². The van der Waals surface area contributed by atoms with Crippen molar-refractivity contribution in [3.05, 3.63) is 191 Å². The summed E-state index contributed by atoms with van der Waals surface area (Å²) in [6, 6.07) is 33.8. The molecule has 0 saturated carbocycles. The minimum Gasteiger partial charge on any atom is -2.00 e. The van der Waals surface area contributed by atoms with Crippen molar-refractivity contribution in [2.24, 2.45) is 0 Å². The molecule has 40 heteroatoms. The Kier molecular flexibility index (Phi) is 138. The van der Waals surface area contributed by atoms with E-state index in [4.69, 9.17) is 0 Å². The van der Waals surface area contributed by atoms with Gasteiger partial charge in [0.2, 0.25) is 0 Å². The van der Waals surface area contributed by atoms with Crippen LogP contribution in [0.25, 0.3) is 45.6 Å². The van der Waals surface area contributed by atoms with Crippen molar-refractivity contribution >= 4 is 0 Å². The fourth-order valence-corrected chi connectivity index (χ4v) is 8.30. The summed E-state index contributed by atoms with van der Waals surface area (Å²) in [6.45, 7) is 53.1. The third-order valence-corrected chi connectivity index (χ3v) is 14.1.